The smallest absolute Gasteiger partial charge is 0.0925 e. The monoisotopic (exact) mass is 244 g/mol. The number of aryl methyl sites for hydroxylation is 1. The number of hydrogen-bond donors (Lipinski definition) is 1. The largest absolute Gasteiger partial charge is 0.312 e. The Hall–Kier alpha value is -0.0600. The summed E-state index contributed by atoms with van der Waals surface area (Å²) < 4.78 is 0. The molecule has 1 rings (SSSR count). The van der Waals surface area contributed by atoms with Crippen LogP contribution in [0.25, 0.3) is 0 Å². The lowest BCUT2D eigenvalue weighted by Crippen LogP contribution is -2.21. The third-order valence-corrected chi connectivity index (χ3v) is 4.19. The zero-order valence-corrected chi connectivity index (χ0v) is 11.4. The minimum atomic E-state index is 0.749. The molecule has 0 saturated heterocycles. The molecule has 0 aliphatic heterocycles. The maximum Gasteiger partial charge on any atom is 0.0925 e. The summed E-state index contributed by atoms with van der Waals surface area (Å²) in [5, 5.41) is 4.72. The van der Waals surface area contributed by atoms with Crippen molar-refractivity contribution < 1.29 is 0 Å². The maximum absolute atomic E-state index is 4.34. The van der Waals surface area contributed by atoms with Crippen molar-refractivity contribution in [2.45, 2.75) is 26.8 Å². The molecule has 0 aliphatic carbocycles. The van der Waals surface area contributed by atoms with Gasteiger partial charge in [-0.3, -0.25) is 0 Å². The normalized spacial score (nSPS) is 13.0. The van der Waals surface area contributed by atoms with E-state index in [1.807, 2.05) is 29.3 Å². The average Bonchev–Trinajstić information content (AvgIpc) is 2.66. The molecule has 0 amide bonds. The molecule has 0 spiro atoms. The van der Waals surface area contributed by atoms with Crippen molar-refractivity contribution in [2.75, 3.05) is 18.6 Å². The van der Waals surface area contributed by atoms with Crippen molar-refractivity contribution in [3.8, 4) is 0 Å². The van der Waals surface area contributed by atoms with Gasteiger partial charge in [0, 0.05) is 17.6 Å². The Balaban J connectivity index is 2.19. The lowest BCUT2D eigenvalue weighted by molar-refractivity contribution is 0.562. The molecule has 1 N–H and O–H groups in total. The molecule has 1 unspecified atom stereocenters. The van der Waals surface area contributed by atoms with Gasteiger partial charge in [0.2, 0.25) is 0 Å². The summed E-state index contributed by atoms with van der Waals surface area (Å²) in [6.07, 6.45) is 5.20. The molecular weight excluding hydrogens is 224 g/mol. The molecule has 0 aliphatic rings. The number of rotatable bonds is 7. The molecule has 0 aromatic carbocycles. The van der Waals surface area contributed by atoms with Gasteiger partial charge in [-0.1, -0.05) is 13.8 Å². The number of thiazole rings is 1. The summed E-state index contributed by atoms with van der Waals surface area (Å²) in [7, 11) is 0. The molecule has 4 heteroatoms. The first kappa shape index (κ1) is 13.0. The van der Waals surface area contributed by atoms with Gasteiger partial charge in [0.25, 0.3) is 0 Å². The van der Waals surface area contributed by atoms with E-state index in [4.69, 9.17) is 0 Å². The van der Waals surface area contributed by atoms with Crippen LogP contribution in [0.2, 0.25) is 0 Å². The van der Waals surface area contributed by atoms with Crippen molar-refractivity contribution in [2.24, 2.45) is 5.92 Å². The molecule has 1 heterocycles. The van der Waals surface area contributed by atoms with Crippen molar-refractivity contribution >= 4 is 23.1 Å². The first-order valence-electron chi connectivity index (χ1n) is 5.39. The van der Waals surface area contributed by atoms with Gasteiger partial charge in [-0.15, -0.1) is 11.3 Å². The van der Waals surface area contributed by atoms with E-state index in [-0.39, 0.29) is 0 Å². The van der Waals surface area contributed by atoms with Crippen molar-refractivity contribution in [1.29, 1.82) is 0 Å². The Kier molecular flexibility index (Phi) is 6.29. The zero-order chi connectivity index (χ0) is 11.1. The molecule has 0 radical (unpaired) electrons. The van der Waals surface area contributed by atoms with Gasteiger partial charge in [0.1, 0.15) is 0 Å². The van der Waals surface area contributed by atoms with Gasteiger partial charge >= 0.3 is 0 Å². The van der Waals surface area contributed by atoms with E-state index < -0.39 is 0 Å². The number of nitrogens with zero attached hydrogens (tertiary/aromatic N) is 1. The van der Waals surface area contributed by atoms with Crippen LogP contribution >= 0.6 is 23.1 Å². The Morgan fingerprint density at radius 1 is 1.60 bits per heavy atom. The Morgan fingerprint density at radius 2 is 2.40 bits per heavy atom. The fraction of sp³-hybridized carbons (Fsp3) is 0.727. The second-order valence-electron chi connectivity index (χ2n) is 3.77. The van der Waals surface area contributed by atoms with E-state index >= 15 is 0 Å². The summed E-state index contributed by atoms with van der Waals surface area (Å²) in [5.41, 5.74) is 0. The highest BCUT2D eigenvalue weighted by molar-refractivity contribution is 7.98. The van der Waals surface area contributed by atoms with Crippen molar-refractivity contribution in [1.82, 2.24) is 10.3 Å². The third-order valence-electron chi connectivity index (χ3n) is 2.15. The van der Waals surface area contributed by atoms with Crippen molar-refractivity contribution in [3.05, 3.63) is 16.1 Å². The van der Waals surface area contributed by atoms with E-state index in [1.54, 1.807) is 0 Å². The van der Waals surface area contributed by atoms with E-state index in [2.05, 4.69) is 30.4 Å². The van der Waals surface area contributed by atoms with Gasteiger partial charge in [-0.2, -0.15) is 11.8 Å². The van der Waals surface area contributed by atoms with Crippen LogP contribution in [0.5, 0.6) is 0 Å². The van der Waals surface area contributed by atoms with E-state index in [0.29, 0.717) is 0 Å². The lowest BCUT2D eigenvalue weighted by Gasteiger charge is -2.09. The summed E-state index contributed by atoms with van der Waals surface area (Å²) in [6.45, 7) is 6.50. The average molecular weight is 244 g/mol. The molecule has 1 aromatic rings. The summed E-state index contributed by atoms with van der Waals surface area (Å²) >= 11 is 3.73. The number of nitrogens with one attached hydrogen (secondary N) is 1. The van der Waals surface area contributed by atoms with Gasteiger partial charge in [0.05, 0.1) is 5.01 Å². The van der Waals surface area contributed by atoms with E-state index in [9.17, 15) is 0 Å². The summed E-state index contributed by atoms with van der Waals surface area (Å²) in [6, 6.07) is 0. The second kappa shape index (κ2) is 7.25. The van der Waals surface area contributed by atoms with Crippen LogP contribution < -0.4 is 5.32 Å². The Bertz CT molecular complexity index is 273. The highest BCUT2D eigenvalue weighted by atomic mass is 32.2. The topological polar surface area (TPSA) is 24.9 Å². The minimum absolute atomic E-state index is 0.749. The first-order valence-corrected chi connectivity index (χ1v) is 7.60. The van der Waals surface area contributed by atoms with Gasteiger partial charge in [0.15, 0.2) is 0 Å². The SMILES string of the molecule is CCc1ncc(CNCC(C)CSC)s1. The molecule has 0 saturated carbocycles. The van der Waals surface area contributed by atoms with Crippen LogP contribution in [0.4, 0.5) is 0 Å². The van der Waals surface area contributed by atoms with E-state index in [1.165, 1.54) is 15.6 Å². The number of thioether (sulfide) groups is 1. The molecule has 1 atom stereocenters. The van der Waals surface area contributed by atoms with Crippen LogP contribution in [0, 0.1) is 5.92 Å². The minimum Gasteiger partial charge on any atom is -0.312 e. The van der Waals surface area contributed by atoms with Crippen molar-refractivity contribution in [3.63, 3.8) is 0 Å². The highest BCUT2D eigenvalue weighted by Crippen LogP contribution is 2.13. The highest BCUT2D eigenvalue weighted by Gasteiger charge is 2.02. The molecule has 86 valence electrons. The number of aromatic nitrogens is 1. The molecule has 1 aromatic heterocycles. The fourth-order valence-corrected chi connectivity index (χ4v) is 2.90. The van der Waals surface area contributed by atoms with Crippen LogP contribution in [0.15, 0.2) is 6.20 Å². The molecule has 2 nitrogen and oxygen atoms in total. The summed E-state index contributed by atoms with van der Waals surface area (Å²) in [4.78, 5) is 5.69. The Morgan fingerprint density at radius 3 is 3.00 bits per heavy atom. The van der Waals surface area contributed by atoms with Crippen LogP contribution in [-0.4, -0.2) is 23.5 Å². The second-order valence-corrected chi connectivity index (χ2v) is 5.88. The maximum atomic E-state index is 4.34. The van der Waals surface area contributed by atoms with Gasteiger partial charge in [-0.25, -0.2) is 4.98 Å². The van der Waals surface area contributed by atoms with Crippen LogP contribution in [0.1, 0.15) is 23.7 Å². The fourth-order valence-electron chi connectivity index (χ4n) is 1.38. The zero-order valence-electron chi connectivity index (χ0n) is 9.75. The van der Waals surface area contributed by atoms with E-state index in [0.717, 1.165) is 25.4 Å². The van der Waals surface area contributed by atoms with Crippen LogP contribution in [0.3, 0.4) is 0 Å². The molecule has 0 bridgehead atoms. The number of hydrogen-bond acceptors (Lipinski definition) is 4. The van der Waals surface area contributed by atoms with Gasteiger partial charge < -0.3 is 5.32 Å². The first-order chi connectivity index (χ1) is 7.26. The Labute approximate surface area is 101 Å². The quantitative estimate of drug-likeness (QED) is 0.798. The third kappa shape index (κ3) is 5.00. The molecule has 0 fully saturated rings. The predicted octanol–water partition coefficient (Wildman–Crippen LogP) is 2.79. The van der Waals surface area contributed by atoms with Gasteiger partial charge in [-0.05, 0) is 30.9 Å². The summed E-state index contributed by atoms with van der Waals surface area (Å²) in [5.74, 6) is 1.98. The standard InChI is InChI=1S/C11H20N2S2/c1-4-11-13-7-10(15-11)6-12-5-9(2)8-14-3/h7,9,12H,4-6,8H2,1-3H3. The lowest BCUT2D eigenvalue weighted by atomic mass is 10.2. The molecule has 15 heavy (non-hydrogen) atoms. The van der Waals surface area contributed by atoms with Crippen LogP contribution in [-0.2, 0) is 13.0 Å². The molecular formula is C11H20N2S2. The predicted molar refractivity (Wildman–Crippen MR) is 70.7 cm³/mol.